The lowest BCUT2D eigenvalue weighted by molar-refractivity contribution is -0.131. The quantitative estimate of drug-likeness (QED) is 0.225. The van der Waals surface area contributed by atoms with E-state index in [4.69, 9.17) is 4.74 Å². The van der Waals surface area contributed by atoms with Crippen molar-refractivity contribution in [1.29, 1.82) is 0 Å². The van der Waals surface area contributed by atoms with Gasteiger partial charge in [-0.25, -0.2) is 9.97 Å². The number of hydrogen-bond acceptors (Lipinski definition) is 6. The number of aromatic nitrogens is 3. The lowest BCUT2D eigenvalue weighted by Gasteiger charge is -2.07. The lowest BCUT2D eigenvalue weighted by atomic mass is 10.1. The Morgan fingerprint density at radius 1 is 0.811 bits per heavy atom. The lowest BCUT2D eigenvalue weighted by Crippen LogP contribution is -2.12. The number of nitrogens with one attached hydrogen (secondary N) is 3. The van der Waals surface area contributed by atoms with Crippen LogP contribution in [0.15, 0.2) is 91.1 Å². The van der Waals surface area contributed by atoms with E-state index in [1.165, 1.54) is 6.92 Å². The second-order valence-corrected chi connectivity index (χ2v) is 8.14. The second kappa shape index (κ2) is 10.1. The fourth-order valence-corrected chi connectivity index (χ4v) is 3.66. The van der Waals surface area contributed by atoms with E-state index in [1.54, 1.807) is 79.0 Å². The molecule has 37 heavy (non-hydrogen) atoms. The Hall–Kier alpha value is -5.31. The van der Waals surface area contributed by atoms with Crippen molar-refractivity contribution in [2.24, 2.45) is 0 Å². The van der Waals surface area contributed by atoms with E-state index >= 15 is 0 Å². The van der Waals surface area contributed by atoms with Gasteiger partial charge in [-0.15, -0.1) is 0 Å². The molecule has 0 unspecified atom stereocenters. The molecule has 5 rings (SSSR count). The minimum atomic E-state index is -0.423. The molecule has 0 saturated carbocycles. The third-order valence-corrected chi connectivity index (χ3v) is 5.45. The summed E-state index contributed by atoms with van der Waals surface area (Å²) in [7, 11) is 0. The average molecular weight is 492 g/mol. The molecule has 9 nitrogen and oxygen atoms in total. The molecule has 182 valence electrons. The number of hydrogen-bond donors (Lipinski definition) is 3. The van der Waals surface area contributed by atoms with Crippen molar-refractivity contribution in [3.8, 4) is 17.1 Å². The number of esters is 1. The molecule has 0 spiro atoms. The standard InChI is InChI=1S/C28H21N5O4/c1-17(34)37-22-12-7-19(8-13-22)27(35)30-21-10-5-18(6-11-21)26-31-23-14-9-20(16-24(23)32-26)28(36)33-25-4-2-3-15-29-25/h2-16H,1H3,(H,30,35)(H,31,32)(H,29,33,36). The first kappa shape index (κ1) is 23.4. The van der Waals surface area contributed by atoms with Gasteiger partial charge in [0.2, 0.25) is 0 Å². The van der Waals surface area contributed by atoms with Crippen molar-refractivity contribution in [2.45, 2.75) is 6.92 Å². The topological polar surface area (TPSA) is 126 Å². The van der Waals surface area contributed by atoms with Gasteiger partial charge in [0.1, 0.15) is 17.4 Å². The Morgan fingerprint density at radius 3 is 2.24 bits per heavy atom. The van der Waals surface area contributed by atoms with Crippen molar-refractivity contribution in [3.63, 3.8) is 0 Å². The third kappa shape index (κ3) is 5.51. The van der Waals surface area contributed by atoms with E-state index in [0.717, 1.165) is 11.1 Å². The number of amides is 2. The predicted octanol–water partition coefficient (Wildman–Crippen LogP) is 5.05. The maximum Gasteiger partial charge on any atom is 0.308 e. The van der Waals surface area contributed by atoms with Crippen molar-refractivity contribution in [1.82, 2.24) is 15.0 Å². The molecule has 3 N–H and O–H groups in total. The van der Waals surface area contributed by atoms with Gasteiger partial charge in [0.15, 0.2) is 0 Å². The summed E-state index contributed by atoms with van der Waals surface area (Å²) in [5.41, 5.74) is 3.77. The largest absolute Gasteiger partial charge is 0.427 e. The molecule has 0 aliphatic rings. The minimum Gasteiger partial charge on any atom is -0.427 e. The van der Waals surface area contributed by atoms with Crippen LogP contribution in [0.3, 0.4) is 0 Å². The fraction of sp³-hybridized carbons (Fsp3) is 0.0357. The van der Waals surface area contributed by atoms with Crippen LogP contribution in [0.5, 0.6) is 5.75 Å². The van der Waals surface area contributed by atoms with Crippen LogP contribution in [0.2, 0.25) is 0 Å². The number of rotatable bonds is 6. The Bertz CT molecular complexity index is 1590. The van der Waals surface area contributed by atoms with E-state index < -0.39 is 5.97 Å². The first-order valence-corrected chi connectivity index (χ1v) is 11.4. The summed E-state index contributed by atoms with van der Waals surface area (Å²) in [5.74, 6) is 0.500. The van der Waals surface area contributed by atoms with Crippen LogP contribution < -0.4 is 15.4 Å². The van der Waals surface area contributed by atoms with Crippen molar-refractivity contribution in [2.75, 3.05) is 10.6 Å². The smallest absolute Gasteiger partial charge is 0.308 e. The molecule has 0 fully saturated rings. The van der Waals surface area contributed by atoms with Crippen LogP contribution in [0.25, 0.3) is 22.4 Å². The molecule has 0 bridgehead atoms. The van der Waals surface area contributed by atoms with Crippen LogP contribution >= 0.6 is 0 Å². The molecule has 0 atom stereocenters. The molecule has 2 aromatic heterocycles. The summed E-state index contributed by atoms with van der Waals surface area (Å²) in [6.07, 6.45) is 1.61. The zero-order valence-corrected chi connectivity index (χ0v) is 19.7. The number of ether oxygens (including phenoxy) is 1. The number of nitrogens with zero attached hydrogens (tertiary/aromatic N) is 2. The van der Waals surface area contributed by atoms with Gasteiger partial charge in [-0.2, -0.15) is 0 Å². The normalized spacial score (nSPS) is 10.6. The van der Waals surface area contributed by atoms with Gasteiger partial charge in [0, 0.05) is 35.5 Å². The van der Waals surface area contributed by atoms with Crippen molar-refractivity contribution >= 4 is 40.3 Å². The van der Waals surface area contributed by atoms with E-state index in [2.05, 4.69) is 25.6 Å². The molecule has 3 aromatic carbocycles. The molecule has 0 aliphatic heterocycles. The first-order valence-electron chi connectivity index (χ1n) is 11.4. The summed E-state index contributed by atoms with van der Waals surface area (Å²) in [5, 5.41) is 5.60. The Morgan fingerprint density at radius 2 is 1.54 bits per heavy atom. The summed E-state index contributed by atoms with van der Waals surface area (Å²) in [6, 6.07) is 24.1. The Labute approximate surface area is 211 Å². The molecule has 9 heteroatoms. The number of H-pyrrole nitrogens is 1. The van der Waals surface area contributed by atoms with Crippen LogP contribution in [0.4, 0.5) is 11.5 Å². The summed E-state index contributed by atoms with van der Waals surface area (Å²) >= 11 is 0. The maximum absolute atomic E-state index is 12.6. The molecule has 0 saturated heterocycles. The van der Waals surface area contributed by atoms with Gasteiger partial charge in [-0.05, 0) is 78.9 Å². The third-order valence-electron chi connectivity index (χ3n) is 5.45. The molecule has 2 amide bonds. The van der Waals surface area contributed by atoms with Crippen LogP contribution in [0, 0.1) is 0 Å². The van der Waals surface area contributed by atoms with Crippen LogP contribution in [-0.2, 0) is 4.79 Å². The molecule has 2 heterocycles. The summed E-state index contributed by atoms with van der Waals surface area (Å²) in [4.78, 5) is 48.1. The zero-order chi connectivity index (χ0) is 25.8. The van der Waals surface area contributed by atoms with Gasteiger partial charge >= 0.3 is 5.97 Å². The number of imidazole rings is 1. The van der Waals surface area contributed by atoms with Crippen molar-refractivity contribution < 1.29 is 19.1 Å². The highest BCUT2D eigenvalue weighted by Gasteiger charge is 2.12. The van der Waals surface area contributed by atoms with Gasteiger partial charge in [0.25, 0.3) is 11.8 Å². The number of benzene rings is 3. The Kier molecular flexibility index (Phi) is 6.41. The van der Waals surface area contributed by atoms with Crippen LogP contribution in [-0.4, -0.2) is 32.7 Å². The predicted molar refractivity (Wildman–Crippen MR) is 139 cm³/mol. The molecule has 5 aromatic rings. The summed E-state index contributed by atoms with van der Waals surface area (Å²) < 4.78 is 4.98. The zero-order valence-electron chi connectivity index (χ0n) is 19.7. The van der Waals surface area contributed by atoms with E-state index in [1.807, 2.05) is 12.1 Å². The second-order valence-electron chi connectivity index (χ2n) is 8.14. The highest BCUT2D eigenvalue weighted by Crippen LogP contribution is 2.24. The number of anilines is 2. The highest BCUT2D eigenvalue weighted by molar-refractivity contribution is 6.06. The monoisotopic (exact) mass is 491 g/mol. The van der Waals surface area contributed by atoms with Crippen molar-refractivity contribution in [3.05, 3.63) is 102 Å². The van der Waals surface area contributed by atoms with Gasteiger partial charge in [-0.1, -0.05) is 6.07 Å². The van der Waals surface area contributed by atoms with Gasteiger partial charge in [0.05, 0.1) is 11.0 Å². The molecular weight excluding hydrogens is 470 g/mol. The maximum atomic E-state index is 12.6. The van der Waals surface area contributed by atoms with E-state index in [0.29, 0.717) is 39.7 Å². The van der Waals surface area contributed by atoms with E-state index in [-0.39, 0.29) is 11.8 Å². The number of fused-ring (bicyclic) bond motifs is 1. The van der Waals surface area contributed by atoms with Gasteiger partial charge < -0.3 is 20.4 Å². The molecule has 0 aliphatic carbocycles. The SMILES string of the molecule is CC(=O)Oc1ccc(C(=O)Nc2ccc(-c3nc4cc(C(=O)Nc5ccccn5)ccc4[nH]3)cc2)cc1. The Balaban J connectivity index is 1.27. The number of carbonyl (C=O) groups excluding carboxylic acids is 3. The first-order chi connectivity index (χ1) is 17.9. The highest BCUT2D eigenvalue weighted by atomic mass is 16.5. The molecular formula is C28H21N5O4. The minimum absolute atomic E-state index is 0.272. The summed E-state index contributed by atoms with van der Waals surface area (Å²) in [6.45, 7) is 1.32. The van der Waals surface area contributed by atoms with Gasteiger partial charge in [-0.3, -0.25) is 14.4 Å². The van der Waals surface area contributed by atoms with Crippen LogP contribution in [0.1, 0.15) is 27.6 Å². The number of pyridine rings is 1. The number of carbonyl (C=O) groups is 3. The average Bonchev–Trinajstić information content (AvgIpc) is 3.33. The van der Waals surface area contributed by atoms with E-state index in [9.17, 15) is 14.4 Å². The fourth-order valence-electron chi connectivity index (χ4n) is 3.66. The molecule has 0 radical (unpaired) electrons. The number of aromatic amines is 1.